The fourth-order valence-electron chi connectivity index (χ4n) is 7.32. The third-order valence-corrected chi connectivity index (χ3v) is 9.60. The second kappa shape index (κ2) is 13.6. The summed E-state index contributed by atoms with van der Waals surface area (Å²) in [5.74, 6) is -2.20. The first kappa shape index (κ1) is 32.2. The molecule has 6 rings (SSSR count). The van der Waals surface area contributed by atoms with Gasteiger partial charge in [-0.2, -0.15) is 0 Å². The molecule has 3 aromatic rings. The SMILES string of the molecule is CCCC1=C2[C@@H](CC/C(=C/c3ccc(O)cc3Cl)c3ccccn3)OB(O)C[C@@H]2[C@@H]2C(=O)N(c3cccc(B(O)O)c3)C(=O)[C@@H]2C1. The van der Waals surface area contributed by atoms with Crippen LogP contribution < -0.4 is 10.4 Å². The molecule has 0 spiro atoms. The molecule has 0 bridgehead atoms. The van der Waals surface area contributed by atoms with E-state index in [2.05, 4.69) is 11.9 Å². The molecule has 9 nitrogen and oxygen atoms in total. The molecule has 0 radical (unpaired) electrons. The van der Waals surface area contributed by atoms with Crippen molar-refractivity contribution in [2.75, 3.05) is 4.90 Å². The van der Waals surface area contributed by atoms with E-state index in [0.29, 0.717) is 30.0 Å². The number of fused-ring (bicyclic) bond motifs is 3. The Morgan fingerprint density at radius 1 is 1.11 bits per heavy atom. The molecule has 12 heteroatoms. The van der Waals surface area contributed by atoms with Crippen molar-refractivity contribution >= 4 is 60.5 Å². The Balaban J connectivity index is 1.33. The first-order chi connectivity index (χ1) is 22.2. The van der Waals surface area contributed by atoms with Gasteiger partial charge in [-0.25, -0.2) is 0 Å². The quantitative estimate of drug-likeness (QED) is 0.155. The van der Waals surface area contributed by atoms with Gasteiger partial charge in [0.2, 0.25) is 11.8 Å². The van der Waals surface area contributed by atoms with Crippen molar-refractivity contribution in [3.05, 3.63) is 94.3 Å². The summed E-state index contributed by atoms with van der Waals surface area (Å²) < 4.78 is 6.20. The topological polar surface area (TPSA) is 140 Å². The number of aromatic nitrogens is 1. The zero-order valence-corrected chi connectivity index (χ0v) is 26.2. The Hall–Kier alpha value is -3.73. The van der Waals surface area contributed by atoms with Crippen LogP contribution in [-0.4, -0.2) is 57.3 Å². The van der Waals surface area contributed by atoms with E-state index in [4.69, 9.17) is 16.3 Å². The molecule has 3 aliphatic rings. The summed E-state index contributed by atoms with van der Waals surface area (Å²) >= 11 is 6.45. The lowest BCUT2D eigenvalue weighted by atomic mass is 9.58. The molecule has 4 N–H and O–H groups in total. The number of amides is 2. The van der Waals surface area contributed by atoms with Crippen LogP contribution in [0, 0.1) is 17.8 Å². The molecule has 0 unspecified atom stereocenters. The minimum atomic E-state index is -1.74. The predicted molar refractivity (Wildman–Crippen MR) is 178 cm³/mol. The standard InChI is InChI=1S/C34H35B2ClN2O7/c1-2-6-22-16-26-32(34(42)39(33(26)41)24-8-5-7-23(17-24)36(44)45)27-19-35(43)46-30(31(22)27)13-11-21(29-9-3-4-14-38-29)15-20-10-12-25(40)18-28(20)37/h3-5,7-10,12,14-15,17-18,26-27,30,32,40,43-45H,2,6,11,13,16,19H2,1H3/b21-15-/t26-,27+,30-,32-/m1/s1. The summed E-state index contributed by atoms with van der Waals surface area (Å²) in [6.07, 6.45) is 6.40. The molecule has 1 aromatic heterocycles. The summed E-state index contributed by atoms with van der Waals surface area (Å²) in [5, 5.41) is 40.6. The lowest BCUT2D eigenvalue weighted by molar-refractivity contribution is -0.122. The van der Waals surface area contributed by atoms with Gasteiger partial charge in [-0.3, -0.25) is 19.5 Å². The van der Waals surface area contributed by atoms with Crippen LogP contribution in [0.25, 0.3) is 11.6 Å². The number of allylic oxidation sites excluding steroid dienone is 2. The normalized spacial score (nSPS) is 23.1. The van der Waals surface area contributed by atoms with Crippen LogP contribution in [0.15, 0.2) is 78.0 Å². The number of phenolic OH excluding ortho intramolecular Hbond substituents is 1. The lowest BCUT2D eigenvalue weighted by Gasteiger charge is -2.43. The molecule has 2 amide bonds. The van der Waals surface area contributed by atoms with E-state index in [1.54, 1.807) is 30.5 Å². The highest BCUT2D eigenvalue weighted by Gasteiger charge is 2.57. The number of pyridine rings is 1. The lowest BCUT2D eigenvalue weighted by Crippen LogP contribution is -2.46. The number of carbonyl (C=O) groups excluding carboxylic acids is 2. The van der Waals surface area contributed by atoms with Crippen molar-refractivity contribution in [3.63, 3.8) is 0 Å². The summed E-state index contributed by atoms with van der Waals surface area (Å²) in [7, 11) is -2.85. The summed E-state index contributed by atoms with van der Waals surface area (Å²) in [5.41, 5.74) is 4.96. The molecule has 2 aliphatic heterocycles. The van der Waals surface area contributed by atoms with E-state index in [1.807, 2.05) is 24.3 Å². The van der Waals surface area contributed by atoms with Gasteiger partial charge in [0, 0.05) is 6.20 Å². The second-order valence-electron chi connectivity index (χ2n) is 12.2. The fraction of sp³-hybridized carbons (Fsp3) is 0.324. The first-order valence-corrected chi connectivity index (χ1v) is 16.0. The molecule has 1 aliphatic carbocycles. The maximum absolute atomic E-state index is 14.1. The molecule has 236 valence electrons. The Bertz CT molecular complexity index is 1700. The number of anilines is 1. The number of hydrogen-bond acceptors (Lipinski definition) is 8. The van der Waals surface area contributed by atoms with Gasteiger partial charge in [0.15, 0.2) is 0 Å². The largest absolute Gasteiger partial charge is 0.508 e. The van der Waals surface area contributed by atoms with Gasteiger partial charge in [-0.15, -0.1) is 0 Å². The number of phenols is 1. The monoisotopic (exact) mass is 640 g/mol. The molecule has 0 saturated carbocycles. The Morgan fingerprint density at radius 3 is 2.65 bits per heavy atom. The van der Waals surface area contributed by atoms with Gasteiger partial charge >= 0.3 is 14.2 Å². The van der Waals surface area contributed by atoms with E-state index in [-0.39, 0.29) is 35.3 Å². The maximum atomic E-state index is 14.1. The Labute approximate surface area is 273 Å². The van der Waals surface area contributed by atoms with Crippen molar-refractivity contribution in [1.29, 1.82) is 0 Å². The van der Waals surface area contributed by atoms with Crippen molar-refractivity contribution < 1.29 is 34.4 Å². The smallest absolute Gasteiger partial charge is 0.488 e. The molecular weight excluding hydrogens is 605 g/mol. The summed E-state index contributed by atoms with van der Waals surface area (Å²) in [6.45, 7) is 2.07. The van der Waals surface area contributed by atoms with Crippen LogP contribution in [0.4, 0.5) is 5.69 Å². The maximum Gasteiger partial charge on any atom is 0.488 e. The van der Waals surface area contributed by atoms with Crippen LogP contribution >= 0.6 is 11.6 Å². The van der Waals surface area contributed by atoms with Crippen molar-refractivity contribution in [2.45, 2.75) is 51.5 Å². The molecule has 2 aromatic carbocycles. The van der Waals surface area contributed by atoms with E-state index in [1.165, 1.54) is 23.1 Å². The predicted octanol–water partition coefficient (Wildman–Crippen LogP) is 4.24. The zero-order chi connectivity index (χ0) is 32.5. The Kier molecular flexibility index (Phi) is 9.49. The highest BCUT2D eigenvalue weighted by atomic mass is 35.5. The number of aromatic hydroxyl groups is 1. The summed E-state index contributed by atoms with van der Waals surface area (Å²) in [6, 6.07) is 16.6. The average molecular weight is 641 g/mol. The highest BCUT2D eigenvalue weighted by molar-refractivity contribution is 6.58. The number of benzene rings is 2. The number of nitrogens with zero attached hydrogens (tertiary/aromatic N) is 2. The van der Waals surface area contributed by atoms with E-state index in [0.717, 1.165) is 40.8 Å². The minimum Gasteiger partial charge on any atom is -0.508 e. The first-order valence-electron chi connectivity index (χ1n) is 15.7. The Morgan fingerprint density at radius 2 is 1.93 bits per heavy atom. The summed E-state index contributed by atoms with van der Waals surface area (Å²) in [4.78, 5) is 33.6. The molecule has 2 saturated heterocycles. The van der Waals surface area contributed by atoms with Crippen molar-refractivity contribution in [2.24, 2.45) is 17.8 Å². The van der Waals surface area contributed by atoms with Crippen LogP contribution in [0.3, 0.4) is 0 Å². The highest BCUT2D eigenvalue weighted by Crippen LogP contribution is 2.52. The molecule has 2 fully saturated rings. The molecule has 3 heterocycles. The fourth-order valence-corrected chi connectivity index (χ4v) is 7.55. The van der Waals surface area contributed by atoms with Gasteiger partial charge in [-0.05, 0) is 109 Å². The van der Waals surface area contributed by atoms with E-state index < -0.39 is 32.2 Å². The number of rotatable bonds is 9. The third-order valence-electron chi connectivity index (χ3n) is 9.27. The molecule has 46 heavy (non-hydrogen) atoms. The van der Waals surface area contributed by atoms with Gasteiger partial charge in [0.1, 0.15) is 5.75 Å². The van der Waals surface area contributed by atoms with Gasteiger partial charge in [-0.1, -0.05) is 48.7 Å². The number of hydrogen-bond donors (Lipinski definition) is 4. The number of imide groups is 1. The van der Waals surface area contributed by atoms with Gasteiger partial charge in [0.25, 0.3) is 0 Å². The molecule has 4 atom stereocenters. The van der Waals surface area contributed by atoms with E-state index >= 15 is 0 Å². The van der Waals surface area contributed by atoms with Gasteiger partial charge in [0.05, 0.1) is 34.3 Å². The van der Waals surface area contributed by atoms with Crippen LogP contribution in [0.1, 0.15) is 50.3 Å². The molecular formula is C34H35B2ClN2O7. The van der Waals surface area contributed by atoms with Gasteiger partial charge < -0.3 is 24.8 Å². The second-order valence-corrected chi connectivity index (χ2v) is 12.6. The zero-order valence-electron chi connectivity index (χ0n) is 25.4. The van der Waals surface area contributed by atoms with E-state index in [9.17, 15) is 29.8 Å². The van der Waals surface area contributed by atoms with Crippen LogP contribution in [0.5, 0.6) is 5.75 Å². The van der Waals surface area contributed by atoms with Crippen molar-refractivity contribution in [1.82, 2.24) is 4.98 Å². The third kappa shape index (κ3) is 6.30. The van der Waals surface area contributed by atoms with Crippen LogP contribution in [0.2, 0.25) is 11.3 Å². The average Bonchev–Trinajstić information content (AvgIpc) is 3.29. The van der Waals surface area contributed by atoms with Crippen LogP contribution in [-0.2, 0) is 14.2 Å². The number of carbonyl (C=O) groups is 2. The minimum absolute atomic E-state index is 0.0698. The van der Waals surface area contributed by atoms with Crippen molar-refractivity contribution in [3.8, 4) is 5.75 Å². The number of halogens is 1.